The maximum atomic E-state index is 10.1. The van der Waals surface area contributed by atoms with Crippen LogP contribution in [0.3, 0.4) is 0 Å². The molecule has 8 heteroatoms. The summed E-state index contributed by atoms with van der Waals surface area (Å²) in [6.07, 6.45) is 1.74. The molecular formula is C20H25ClN4O3. The largest absolute Gasteiger partial charge is 0.389 e. The molecule has 0 unspecified atom stereocenters. The fourth-order valence-electron chi connectivity index (χ4n) is 3.56. The zero-order chi connectivity index (χ0) is 19.5. The maximum absolute atomic E-state index is 10.1. The van der Waals surface area contributed by atoms with Crippen LogP contribution >= 0.6 is 11.6 Å². The lowest BCUT2D eigenvalue weighted by Gasteiger charge is -2.30. The van der Waals surface area contributed by atoms with Gasteiger partial charge in [0.25, 0.3) is 0 Å². The van der Waals surface area contributed by atoms with Crippen LogP contribution in [0.2, 0.25) is 5.02 Å². The van der Waals surface area contributed by atoms with Crippen LogP contribution in [0, 0.1) is 0 Å². The number of rotatable bonds is 4. The van der Waals surface area contributed by atoms with Crippen LogP contribution in [0.4, 0.5) is 5.95 Å². The number of nitrogens with one attached hydrogen (secondary N) is 1. The molecular weight excluding hydrogens is 380 g/mol. The first-order chi connectivity index (χ1) is 13.6. The standard InChI is InChI=1S/C20H25ClN4O3/c1-25-6-8-28-18(11-25)13-3-2-4-14(9-13)19-15(21)10-22-20(24-19)23-16-5-7-27-12-17(16)26/h2-4,9-10,16-18,26H,5-8,11-12H2,1H3,(H,22,23,24)/t16-,17-,18+/m1/s1. The fourth-order valence-corrected chi connectivity index (χ4v) is 3.76. The summed E-state index contributed by atoms with van der Waals surface area (Å²) in [7, 11) is 2.10. The van der Waals surface area contributed by atoms with E-state index in [1.54, 1.807) is 6.20 Å². The van der Waals surface area contributed by atoms with E-state index >= 15 is 0 Å². The van der Waals surface area contributed by atoms with Crippen molar-refractivity contribution in [1.29, 1.82) is 0 Å². The highest BCUT2D eigenvalue weighted by molar-refractivity contribution is 6.32. The highest BCUT2D eigenvalue weighted by Crippen LogP contribution is 2.30. The zero-order valence-corrected chi connectivity index (χ0v) is 16.6. The second-order valence-electron chi connectivity index (χ2n) is 7.32. The smallest absolute Gasteiger partial charge is 0.223 e. The molecule has 1 aromatic heterocycles. The van der Waals surface area contributed by atoms with E-state index in [0.29, 0.717) is 36.3 Å². The first kappa shape index (κ1) is 19.5. The summed E-state index contributed by atoms with van der Waals surface area (Å²) in [5.41, 5.74) is 2.68. The molecule has 0 amide bonds. The number of aliphatic hydroxyl groups excluding tert-OH is 1. The highest BCUT2D eigenvalue weighted by Gasteiger charge is 2.25. The number of hydrogen-bond donors (Lipinski definition) is 2. The Bertz CT molecular complexity index is 822. The quantitative estimate of drug-likeness (QED) is 0.809. The number of aliphatic hydroxyl groups is 1. The van der Waals surface area contributed by atoms with E-state index in [0.717, 1.165) is 30.8 Å². The number of benzene rings is 1. The van der Waals surface area contributed by atoms with Gasteiger partial charge in [0.05, 0.1) is 48.4 Å². The van der Waals surface area contributed by atoms with E-state index in [2.05, 4.69) is 39.4 Å². The summed E-state index contributed by atoms with van der Waals surface area (Å²) in [5, 5.41) is 13.8. The minimum Gasteiger partial charge on any atom is -0.389 e. The monoisotopic (exact) mass is 404 g/mol. The number of aromatic nitrogens is 2. The normalized spacial score (nSPS) is 26.2. The van der Waals surface area contributed by atoms with Crippen LogP contribution in [0.25, 0.3) is 11.3 Å². The van der Waals surface area contributed by atoms with Crippen LogP contribution in [0.5, 0.6) is 0 Å². The molecule has 2 aliphatic rings. The molecule has 4 rings (SSSR count). The third kappa shape index (κ3) is 4.45. The Hall–Kier alpha value is -1.77. The average molecular weight is 405 g/mol. The highest BCUT2D eigenvalue weighted by atomic mass is 35.5. The van der Waals surface area contributed by atoms with Crippen molar-refractivity contribution in [3.8, 4) is 11.3 Å². The lowest BCUT2D eigenvalue weighted by molar-refractivity contribution is -0.0208. The third-order valence-corrected chi connectivity index (χ3v) is 5.46. The molecule has 3 heterocycles. The van der Waals surface area contributed by atoms with Crippen molar-refractivity contribution in [3.05, 3.63) is 41.0 Å². The molecule has 2 saturated heterocycles. The number of anilines is 1. The Morgan fingerprint density at radius 1 is 1.32 bits per heavy atom. The molecule has 1 aromatic carbocycles. The Kier molecular flexibility index (Phi) is 6.08. The fraction of sp³-hybridized carbons (Fsp3) is 0.500. The van der Waals surface area contributed by atoms with E-state index in [9.17, 15) is 5.11 Å². The Morgan fingerprint density at radius 2 is 2.21 bits per heavy atom. The van der Waals surface area contributed by atoms with Crippen molar-refractivity contribution in [3.63, 3.8) is 0 Å². The Balaban J connectivity index is 1.57. The van der Waals surface area contributed by atoms with Crippen LogP contribution in [-0.2, 0) is 9.47 Å². The molecule has 2 aliphatic heterocycles. The van der Waals surface area contributed by atoms with Gasteiger partial charge in [-0.1, -0.05) is 29.8 Å². The minimum absolute atomic E-state index is 0.0364. The number of morpholine rings is 1. The van der Waals surface area contributed by atoms with E-state index < -0.39 is 6.10 Å². The van der Waals surface area contributed by atoms with Gasteiger partial charge in [-0.15, -0.1) is 0 Å². The number of hydrogen-bond acceptors (Lipinski definition) is 7. The predicted molar refractivity (Wildman–Crippen MR) is 108 cm³/mol. The Morgan fingerprint density at radius 3 is 3.04 bits per heavy atom. The van der Waals surface area contributed by atoms with Gasteiger partial charge >= 0.3 is 0 Å². The number of nitrogens with zero attached hydrogens (tertiary/aromatic N) is 3. The molecule has 0 aliphatic carbocycles. The number of ether oxygens (including phenoxy) is 2. The van der Waals surface area contributed by atoms with Gasteiger partial charge in [-0.05, 0) is 25.1 Å². The minimum atomic E-state index is -0.583. The lowest BCUT2D eigenvalue weighted by Crippen LogP contribution is -2.42. The van der Waals surface area contributed by atoms with E-state index in [1.165, 1.54) is 0 Å². The van der Waals surface area contributed by atoms with Crippen LogP contribution in [-0.4, -0.2) is 72.1 Å². The first-order valence-corrected chi connectivity index (χ1v) is 9.93. The molecule has 28 heavy (non-hydrogen) atoms. The maximum Gasteiger partial charge on any atom is 0.223 e. The molecule has 3 atom stereocenters. The summed E-state index contributed by atoms with van der Waals surface area (Å²) in [4.78, 5) is 11.2. The van der Waals surface area contributed by atoms with Gasteiger partial charge in [0.2, 0.25) is 5.95 Å². The molecule has 2 fully saturated rings. The second kappa shape index (κ2) is 8.71. The third-order valence-electron chi connectivity index (χ3n) is 5.19. The Labute approximate surface area is 169 Å². The van der Waals surface area contributed by atoms with Crippen molar-refractivity contribution >= 4 is 17.5 Å². The van der Waals surface area contributed by atoms with Crippen molar-refractivity contribution in [2.24, 2.45) is 0 Å². The van der Waals surface area contributed by atoms with Crippen molar-refractivity contribution in [1.82, 2.24) is 14.9 Å². The topological polar surface area (TPSA) is 79.7 Å². The molecule has 0 bridgehead atoms. The SMILES string of the molecule is CN1CCO[C@H](c2cccc(-c3nc(N[C@@H]4CCOC[C@H]4O)ncc3Cl)c2)C1. The molecule has 2 aromatic rings. The van der Waals surface area contributed by atoms with Crippen LogP contribution in [0.15, 0.2) is 30.5 Å². The molecule has 2 N–H and O–H groups in total. The molecule has 7 nitrogen and oxygen atoms in total. The number of likely N-dealkylation sites (N-methyl/N-ethyl adjacent to an activating group) is 1. The van der Waals surface area contributed by atoms with Crippen LogP contribution in [0.1, 0.15) is 18.1 Å². The van der Waals surface area contributed by atoms with E-state index in [1.807, 2.05) is 12.1 Å². The van der Waals surface area contributed by atoms with Crippen molar-refractivity contribution in [2.45, 2.75) is 24.7 Å². The molecule has 0 saturated carbocycles. The van der Waals surface area contributed by atoms with Crippen LogP contribution < -0.4 is 5.32 Å². The van der Waals surface area contributed by atoms with Crippen molar-refractivity contribution in [2.75, 3.05) is 45.3 Å². The van der Waals surface area contributed by atoms with Gasteiger partial charge in [-0.25, -0.2) is 9.97 Å². The van der Waals surface area contributed by atoms with Gasteiger partial charge < -0.3 is 24.8 Å². The summed E-state index contributed by atoms with van der Waals surface area (Å²) in [6, 6.07) is 7.99. The van der Waals surface area contributed by atoms with Gasteiger partial charge in [0.15, 0.2) is 0 Å². The molecule has 0 radical (unpaired) electrons. The van der Waals surface area contributed by atoms with E-state index in [-0.39, 0.29) is 12.1 Å². The predicted octanol–water partition coefficient (Wildman–Crippen LogP) is 2.36. The average Bonchev–Trinajstić information content (AvgIpc) is 2.71. The lowest BCUT2D eigenvalue weighted by atomic mass is 10.0. The van der Waals surface area contributed by atoms with Gasteiger partial charge in [-0.2, -0.15) is 0 Å². The number of halogens is 1. The summed E-state index contributed by atoms with van der Waals surface area (Å²) in [6.45, 7) is 3.45. The van der Waals surface area contributed by atoms with Gasteiger partial charge in [0.1, 0.15) is 0 Å². The summed E-state index contributed by atoms with van der Waals surface area (Å²) in [5.74, 6) is 0.449. The van der Waals surface area contributed by atoms with Gasteiger partial charge in [-0.3, -0.25) is 0 Å². The van der Waals surface area contributed by atoms with Crippen molar-refractivity contribution < 1.29 is 14.6 Å². The summed E-state index contributed by atoms with van der Waals surface area (Å²) >= 11 is 6.40. The molecule has 150 valence electrons. The van der Waals surface area contributed by atoms with E-state index in [4.69, 9.17) is 21.1 Å². The zero-order valence-electron chi connectivity index (χ0n) is 15.8. The second-order valence-corrected chi connectivity index (χ2v) is 7.73. The molecule has 0 spiro atoms. The van der Waals surface area contributed by atoms with Gasteiger partial charge in [0, 0.05) is 25.3 Å². The first-order valence-electron chi connectivity index (χ1n) is 9.55. The summed E-state index contributed by atoms with van der Waals surface area (Å²) < 4.78 is 11.2.